The third-order valence-corrected chi connectivity index (χ3v) is 5.43. The minimum Gasteiger partial charge on any atom is -0.378 e. The maximum absolute atomic E-state index is 12.8. The summed E-state index contributed by atoms with van der Waals surface area (Å²) >= 11 is 0. The minimum absolute atomic E-state index is 0.184. The largest absolute Gasteiger partial charge is 0.378 e. The van der Waals surface area contributed by atoms with Crippen LogP contribution in [-0.4, -0.2) is 52.0 Å². The van der Waals surface area contributed by atoms with Gasteiger partial charge < -0.3 is 20.3 Å². The molecule has 0 aliphatic carbocycles. The maximum atomic E-state index is 12.8. The van der Waals surface area contributed by atoms with Gasteiger partial charge in [0.05, 0.1) is 18.9 Å². The molecule has 3 heterocycles. The molecule has 9 heteroatoms. The lowest BCUT2D eigenvalue weighted by atomic mass is 10.2. The van der Waals surface area contributed by atoms with Gasteiger partial charge in [-0.25, -0.2) is 9.67 Å². The number of carbonyl (C=O) groups excluding carboxylic acids is 1. The number of nitrogens with zero attached hydrogens (tertiary/aromatic N) is 5. The Morgan fingerprint density at radius 1 is 0.971 bits per heavy atom. The zero-order valence-corrected chi connectivity index (χ0v) is 18.8. The highest BCUT2D eigenvalue weighted by Crippen LogP contribution is 2.21. The summed E-state index contributed by atoms with van der Waals surface area (Å²) in [5.74, 6) is 1.24. The molecule has 34 heavy (non-hydrogen) atoms. The number of hydrogen-bond acceptors (Lipinski definition) is 7. The highest BCUT2D eigenvalue weighted by Gasteiger charge is 2.15. The molecule has 0 radical (unpaired) electrons. The Morgan fingerprint density at radius 3 is 2.53 bits per heavy atom. The van der Waals surface area contributed by atoms with Gasteiger partial charge >= 0.3 is 0 Å². The lowest BCUT2D eigenvalue weighted by Gasteiger charge is -2.27. The Labute approximate surface area is 197 Å². The molecule has 1 fully saturated rings. The molecule has 1 saturated heterocycles. The number of amides is 1. The van der Waals surface area contributed by atoms with Crippen LogP contribution in [0.15, 0.2) is 73.1 Å². The van der Waals surface area contributed by atoms with Crippen molar-refractivity contribution in [2.75, 3.05) is 41.8 Å². The average molecular weight is 456 g/mol. The minimum atomic E-state index is -0.184. The number of anilines is 4. The van der Waals surface area contributed by atoms with Gasteiger partial charge in [0.25, 0.3) is 5.91 Å². The van der Waals surface area contributed by atoms with Crippen molar-refractivity contribution in [1.29, 1.82) is 0 Å². The number of ether oxygens (including phenoxy) is 1. The van der Waals surface area contributed by atoms with Gasteiger partial charge in [-0.2, -0.15) is 10.1 Å². The molecule has 0 atom stereocenters. The lowest BCUT2D eigenvalue weighted by Crippen LogP contribution is -2.37. The van der Waals surface area contributed by atoms with Crippen LogP contribution in [-0.2, 0) is 4.74 Å². The molecule has 0 unspecified atom stereocenters. The molecule has 0 spiro atoms. The highest BCUT2D eigenvalue weighted by atomic mass is 16.5. The van der Waals surface area contributed by atoms with E-state index in [1.165, 1.54) is 0 Å². The maximum Gasteiger partial charge on any atom is 0.255 e. The molecule has 2 aromatic carbocycles. The second-order valence-corrected chi connectivity index (χ2v) is 7.95. The molecular formula is C25H25N7O2. The van der Waals surface area contributed by atoms with Crippen molar-refractivity contribution in [3.05, 3.63) is 84.3 Å². The fraction of sp³-hybridized carbons (Fsp3) is 0.200. The van der Waals surface area contributed by atoms with Gasteiger partial charge in [0.1, 0.15) is 5.82 Å². The van der Waals surface area contributed by atoms with E-state index in [0.717, 1.165) is 36.0 Å². The van der Waals surface area contributed by atoms with E-state index in [-0.39, 0.29) is 5.91 Å². The Kier molecular flexibility index (Phi) is 6.17. The van der Waals surface area contributed by atoms with Crippen LogP contribution in [0.2, 0.25) is 0 Å². The predicted molar refractivity (Wildman–Crippen MR) is 131 cm³/mol. The van der Waals surface area contributed by atoms with E-state index in [1.807, 2.05) is 67.7 Å². The van der Waals surface area contributed by atoms with Crippen molar-refractivity contribution in [3.8, 4) is 5.69 Å². The second kappa shape index (κ2) is 9.72. The number of morpholine rings is 1. The van der Waals surface area contributed by atoms with Gasteiger partial charge in [-0.3, -0.25) is 4.79 Å². The zero-order chi connectivity index (χ0) is 23.3. The number of nitrogens with one attached hydrogen (secondary N) is 2. The lowest BCUT2D eigenvalue weighted by molar-refractivity contribution is 0.102. The van der Waals surface area contributed by atoms with Crippen LogP contribution in [0.1, 0.15) is 16.1 Å². The number of carbonyl (C=O) groups is 1. The molecule has 2 aromatic heterocycles. The summed E-state index contributed by atoms with van der Waals surface area (Å²) in [4.78, 5) is 24.1. The van der Waals surface area contributed by atoms with E-state index in [2.05, 4.69) is 30.6 Å². The fourth-order valence-corrected chi connectivity index (χ4v) is 3.72. The smallest absolute Gasteiger partial charge is 0.255 e. The van der Waals surface area contributed by atoms with Crippen molar-refractivity contribution in [2.24, 2.45) is 0 Å². The third kappa shape index (κ3) is 5.05. The van der Waals surface area contributed by atoms with E-state index in [4.69, 9.17) is 4.74 Å². The van der Waals surface area contributed by atoms with Crippen LogP contribution in [0, 0.1) is 6.92 Å². The van der Waals surface area contributed by atoms with E-state index in [0.29, 0.717) is 30.4 Å². The van der Waals surface area contributed by atoms with Gasteiger partial charge in [-0.1, -0.05) is 6.07 Å². The van der Waals surface area contributed by atoms with Gasteiger partial charge in [0, 0.05) is 54.2 Å². The molecule has 0 bridgehead atoms. The first-order chi connectivity index (χ1) is 16.6. The first kappa shape index (κ1) is 21.6. The van der Waals surface area contributed by atoms with Crippen LogP contribution in [0.3, 0.4) is 0 Å². The summed E-state index contributed by atoms with van der Waals surface area (Å²) in [6.07, 6.45) is 3.54. The average Bonchev–Trinajstić information content (AvgIpc) is 3.41. The second-order valence-electron chi connectivity index (χ2n) is 7.95. The standard InChI is InChI=1S/C25H25N7O2/c1-18-16-23(30-25(27-18)31-12-14-34-15-13-31)28-20-6-8-21(9-7-20)29-24(33)19-4-2-5-22(17-19)32-11-3-10-26-32/h2-11,16-17H,12-15H2,1H3,(H,29,33)(H,27,28,30). The summed E-state index contributed by atoms with van der Waals surface area (Å²) in [6.45, 7) is 4.88. The van der Waals surface area contributed by atoms with Gasteiger partial charge in [-0.05, 0) is 55.5 Å². The number of aromatic nitrogens is 4. The Bertz CT molecular complexity index is 1270. The molecule has 1 aliphatic heterocycles. The van der Waals surface area contributed by atoms with Crippen molar-refractivity contribution in [1.82, 2.24) is 19.7 Å². The van der Waals surface area contributed by atoms with E-state index in [1.54, 1.807) is 16.9 Å². The molecule has 1 amide bonds. The van der Waals surface area contributed by atoms with Crippen molar-refractivity contribution in [3.63, 3.8) is 0 Å². The predicted octanol–water partition coefficient (Wildman–Crippen LogP) is 3.80. The first-order valence-corrected chi connectivity index (χ1v) is 11.1. The van der Waals surface area contributed by atoms with E-state index in [9.17, 15) is 4.79 Å². The van der Waals surface area contributed by atoms with Crippen LogP contribution >= 0.6 is 0 Å². The zero-order valence-electron chi connectivity index (χ0n) is 18.8. The molecule has 1 aliphatic rings. The van der Waals surface area contributed by atoms with Gasteiger partial charge in [0.2, 0.25) is 5.95 Å². The molecule has 172 valence electrons. The van der Waals surface area contributed by atoms with E-state index < -0.39 is 0 Å². The molecule has 5 rings (SSSR count). The summed E-state index contributed by atoms with van der Waals surface area (Å²) in [7, 11) is 0. The van der Waals surface area contributed by atoms with Crippen LogP contribution < -0.4 is 15.5 Å². The Morgan fingerprint density at radius 2 is 1.76 bits per heavy atom. The molecule has 0 saturated carbocycles. The molecule has 9 nitrogen and oxygen atoms in total. The van der Waals surface area contributed by atoms with Crippen molar-refractivity contribution >= 4 is 29.0 Å². The first-order valence-electron chi connectivity index (χ1n) is 11.1. The number of aryl methyl sites for hydroxylation is 1. The van der Waals surface area contributed by atoms with Gasteiger partial charge in [-0.15, -0.1) is 0 Å². The third-order valence-electron chi connectivity index (χ3n) is 5.43. The van der Waals surface area contributed by atoms with Crippen LogP contribution in [0.4, 0.5) is 23.1 Å². The van der Waals surface area contributed by atoms with Gasteiger partial charge in [0.15, 0.2) is 0 Å². The summed E-state index contributed by atoms with van der Waals surface area (Å²) in [5.41, 5.74) is 3.84. The number of hydrogen-bond donors (Lipinski definition) is 2. The number of benzene rings is 2. The molecule has 2 N–H and O–H groups in total. The highest BCUT2D eigenvalue weighted by molar-refractivity contribution is 6.04. The summed E-state index contributed by atoms with van der Waals surface area (Å²) < 4.78 is 7.14. The quantitative estimate of drug-likeness (QED) is 0.456. The van der Waals surface area contributed by atoms with E-state index >= 15 is 0 Å². The van der Waals surface area contributed by atoms with Crippen LogP contribution in [0.5, 0.6) is 0 Å². The van der Waals surface area contributed by atoms with Crippen molar-refractivity contribution in [2.45, 2.75) is 6.92 Å². The van der Waals surface area contributed by atoms with Crippen molar-refractivity contribution < 1.29 is 9.53 Å². The topological polar surface area (TPSA) is 97.2 Å². The van der Waals surface area contributed by atoms with Crippen LogP contribution in [0.25, 0.3) is 5.69 Å². The molecule has 4 aromatic rings. The number of rotatable bonds is 6. The summed E-state index contributed by atoms with van der Waals surface area (Å²) in [5, 5.41) is 10.5. The molecular weight excluding hydrogens is 430 g/mol. The SMILES string of the molecule is Cc1cc(Nc2ccc(NC(=O)c3cccc(-n4cccn4)c3)cc2)nc(N2CCOCC2)n1. The normalized spacial score (nSPS) is 13.5. The fourth-order valence-electron chi connectivity index (χ4n) is 3.72. The Hall–Kier alpha value is -4.24. The monoisotopic (exact) mass is 455 g/mol. The Balaban J connectivity index is 1.25. The summed E-state index contributed by atoms with van der Waals surface area (Å²) in [6, 6.07) is 18.6.